The molecule has 0 amide bonds. The lowest BCUT2D eigenvalue weighted by atomic mass is 9.93. The molecule has 0 bridgehead atoms. The Labute approximate surface area is 409 Å². The highest BCUT2D eigenvalue weighted by Gasteiger charge is 2.31. The van der Waals surface area contributed by atoms with E-state index in [-0.39, 0.29) is 5.56 Å². The zero-order chi connectivity index (χ0) is 49.8. The molecule has 0 spiro atoms. The molecule has 0 saturated carbocycles. The van der Waals surface area contributed by atoms with Gasteiger partial charge in [0.1, 0.15) is 0 Å². The minimum atomic E-state index is -4.67. The van der Waals surface area contributed by atoms with E-state index in [4.69, 9.17) is 0 Å². The number of aromatic nitrogens is 2. The van der Waals surface area contributed by atoms with Gasteiger partial charge in [-0.3, -0.25) is 0 Å². The Hall–Kier alpha value is -10.7. The maximum absolute atomic E-state index is 14.0. The summed E-state index contributed by atoms with van der Waals surface area (Å²) >= 11 is 0. The van der Waals surface area contributed by atoms with Crippen molar-refractivity contribution in [1.29, 1.82) is 31.6 Å². The predicted molar refractivity (Wildman–Crippen MR) is 270 cm³/mol. The molecule has 0 fully saturated rings. The molecule has 0 saturated heterocycles. The van der Waals surface area contributed by atoms with Crippen molar-refractivity contribution < 1.29 is 13.2 Å². The first-order chi connectivity index (χ1) is 35.0. The van der Waals surface area contributed by atoms with E-state index in [1.165, 1.54) is 6.07 Å². The molecule has 334 valence electrons. The standard InChI is InChI=1S/C61H29F3N8/c62-61(63,64)45-15-20-48(44(26-45)35-70)41-12-19-52(60(29-41)72-56-8-4-2-6-50(56)54-28-40(14-22-58(54)72)47-17-10-37(31-66)24-43(47)34-69)51-18-11-38(32-67)25-59(51)71-55-7-3-1-5-49(55)53-27-39(13-21-57(53)71)46-16-9-36(30-65)23-42(46)33-68/h1-29H. The van der Waals surface area contributed by atoms with Gasteiger partial charge in [-0.25, -0.2) is 0 Å². The molecule has 11 heteroatoms. The van der Waals surface area contributed by atoms with Crippen LogP contribution in [0, 0.1) is 68.0 Å². The summed E-state index contributed by atoms with van der Waals surface area (Å²) in [7, 11) is 0. The fourth-order valence-corrected chi connectivity index (χ4v) is 9.91. The second kappa shape index (κ2) is 17.1. The molecule has 0 radical (unpaired) electrons. The van der Waals surface area contributed by atoms with Crippen LogP contribution in [0.5, 0.6) is 0 Å². The van der Waals surface area contributed by atoms with Gasteiger partial charge >= 0.3 is 6.18 Å². The maximum atomic E-state index is 14.0. The molecule has 0 aliphatic carbocycles. The maximum Gasteiger partial charge on any atom is 0.416 e. The van der Waals surface area contributed by atoms with E-state index >= 15 is 0 Å². The van der Waals surface area contributed by atoms with Crippen molar-refractivity contribution in [2.45, 2.75) is 6.18 Å². The van der Waals surface area contributed by atoms with Crippen molar-refractivity contribution in [1.82, 2.24) is 9.13 Å². The van der Waals surface area contributed by atoms with E-state index in [2.05, 4.69) is 39.5 Å². The summed E-state index contributed by atoms with van der Waals surface area (Å²) in [5.74, 6) is 0. The van der Waals surface area contributed by atoms with Gasteiger partial charge in [-0.2, -0.15) is 44.7 Å². The number of nitrogens with zero attached hydrogens (tertiary/aromatic N) is 8. The number of benzene rings is 9. The van der Waals surface area contributed by atoms with Crippen LogP contribution < -0.4 is 0 Å². The first-order valence-corrected chi connectivity index (χ1v) is 22.3. The molecular weight excluding hydrogens is 902 g/mol. The first kappa shape index (κ1) is 43.9. The normalized spacial score (nSPS) is 11.2. The number of rotatable bonds is 6. The van der Waals surface area contributed by atoms with Gasteiger partial charge in [0.25, 0.3) is 0 Å². The van der Waals surface area contributed by atoms with Crippen LogP contribution in [0.3, 0.4) is 0 Å². The Balaban J connectivity index is 1.20. The molecule has 11 aromatic rings. The van der Waals surface area contributed by atoms with Crippen LogP contribution in [-0.2, 0) is 6.18 Å². The van der Waals surface area contributed by atoms with Crippen molar-refractivity contribution >= 4 is 43.6 Å². The molecule has 0 aliphatic rings. The van der Waals surface area contributed by atoms with E-state index < -0.39 is 11.7 Å². The summed E-state index contributed by atoms with van der Waals surface area (Å²) < 4.78 is 46.2. The second-order valence-corrected chi connectivity index (χ2v) is 17.1. The van der Waals surface area contributed by atoms with E-state index in [1.54, 1.807) is 48.5 Å². The van der Waals surface area contributed by atoms with Crippen LogP contribution in [0.1, 0.15) is 38.9 Å². The molecule has 0 unspecified atom stereocenters. The van der Waals surface area contributed by atoms with Crippen molar-refractivity contribution in [3.05, 3.63) is 215 Å². The Morgan fingerprint density at radius 2 is 0.694 bits per heavy atom. The van der Waals surface area contributed by atoms with Gasteiger partial charge in [0.15, 0.2) is 0 Å². The van der Waals surface area contributed by atoms with E-state index in [0.717, 1.165) is 66.9 Å². The Morgan fingerprint density at radius 3 is 1.17 bits per heavy atom. The van der Waals surface area contributed by atoms with Gasteiger partial charge in [-0.1, -0.05) is 84.9 Å². The van der Waals surface area contributed by atoms with Crippen LogP contribution in [0.4, 0.5) is 13.2 Å². The number of hydrogen-bond donors (Lipinski definition) is 0. The van der Waals surface area contributed by atoms with Gasteiger partial charge in [0.05, 0.1) is 109 Å². The third kappa shape index (κ3) is 7.12. The minimum absolute atomic E-state index is 0.155. The van der Waals surface area contributed by atoms with Gasteiger partial charge < -0.3 is 9.13 Å². The van der Waals surface area contributed by atoms with E-state index in [9.17, 15) is 44.7 Å². The molecular formula is C61H29F3N8. The highest BCUT2D eigenvalue weighted by molar-refractivity contribution is 6.13. The SMILES string of the molecule is N#Cc1ccc(-c2ccc3c(c2)c2ccccc2n3-c2cc(C#N)ccc2-c2ccc(-c3ccc(C(F)(F)F)cc3C#N)cc2-n2c3ccccc3c3cc(-c4ccc(C#N)cc4C#N)ccc32)c(C#N)c1. The highest BCUT2D eigenvalue weighted by atomic mass is 19.4. The summed E-state index contributed by atoms with van der Waals surface area (Å²) in [5.41, 5.74) is 10.2. The number of para-hydroxylation sites is 2. The van der Waals surface area contributed by atoms with E-state index in [1.807, 2.05) is 115 Å². The molecule has 9 aromatic carbocycles. The zero-order valence-corrected chi connectivity index (χ0v) is 37.5. The lowest BCUT2D eigenvalue weighted by Crippen LogP contribution is -2.05. The van der Waals surface area contributed by atoms with Crippen molar-refractivity contribution in [3.8, 4) is 92.3 Å². The van der Waals surface area contributed by atoms with Gasteiger partial charge in [0, 0.05) is 32.7 Å². The van der Waals surface area contributed by atoms with Crippen LogP contribution >= 0.6 is 0 Å². The van der Waals surface area contributed by atoms with Crippen LogP contribution in [-0.4, -0.2) is 9.13 Å². The highest BCUT2D eigenvalue weighted by Crippen LogP contribution is 2.45. The third-order valence-corrected chi connectivity index (χ3v) is 13.2. The van der Waals surface area contributed by atoms with Crippen LogP contribution in [0.25, 0.3) is 99.5 Å². The minimum Gasteiger partial charge on any atom is -0.309 e. The average Bonchev–Trinajstić information content (AvgIpc) is 3.93. The molecule has 0 aliphatic heterocycles. The summed E-state index contributed by atoms with van der Waals surface area (Å²) in [6, 6.07) is 64.6. The molecule has 2 aromatic heterocycles. The summed E-state index contributed by atoms with van der Waals surface area (Å²) in [6.45, 7) is 0. The third-order valence-electron chi connectivity index (χ3n) is 13.2. The number of nitriles is 6. The fraction of sp³-hybridized carbons (Fsp3) is 0.0164. The number of alkyl halides is 3. The van der Waals surface area contributed by atoms with Crippen LogP contribution in [0.2, 0.25) is 0 Å². The van der Waals surface area contributed by atoms with Gasteiger partial charge in [-0.05, 0) is 124 Å². The largest absolute Gasteiger partial charge is 0.416 e. The Morgan fingerprint density at radius 1 is 0.319 bits per heavy atom. The molecule has 2 heterocycles. The number of fused-ring (bicyclic) bond motifs is 6. The monoisotopic (exact) mass is 930 g/mol. The van der Waals surface area contributed by atoms with Crippen molar-refractivity contribution in [3.63, 3.8) is 0 Å². The fourth-order valence-electron chi connectivity index (χ4n) is 9.91. The molecule has 11 rings (SSSR count). The zero-order valence-electron chi connectivity index (χ0n) is 37.5. The lowest BCUT2D eigenvalue weighted by Gasteiger charge is -2.20. The quantitative estimate of drug-likeness (QED) is 0.162. The summed E-state index contributed by atoms with van der Waals surface area (Å²) in [5, 5.41) is 63.6. The topological polar surface area (TPSA) is 153 Å². The van der Waals surface area contributed by atoms with E-state index in [0.29, 0.717) is 72.6 Å². The Bertz CT molecular complexity index is 4420. The van der Waals surface area contributed by atoms with Gasteiger partial charge in [-0.15, -0.1) is 0 Å². The molecule has 8 nitrogen and oxygen atoms in total. The molecule has 0 N–H and O–H groups in total. The number of halogens is 3. The first-order valence-electron chi connectivity index (χ1n) is 22.3. The Kier molecular flexibility index (Phi) is 10.4. The average molecular weight is 931 g/mol. The molecule has 0 atom stereocenters. The predicted octanol–water partition coefficient (Wildman–Crippen LogP) is 14.8. The molecule has 72 heavy (non-hydrogen) atoms. The summed E-state index contributed by atoms with van der Waals surface area (Å²) in [4.78, 5) is 0. The smallest absolute Gasteiger partial charge is 0.309 e. The van der Waals surface area contributed by atoms with Crippen LogP contribution in [0.15, 0.2) is 176 Å². The van der Waals surface area contributed by atoms with Crippen molar-refractivity contribution in [2.75, 3.05) is 0 Å². The second-order valence-electron chi connectivity index (χ2n) is 17.1. The lowest BCUT2D eigenvalue weighted by molar-refractivity contribution is -0.137. The van der Waals surface area contributed by atoms with Gasteiger partial charge in [0.2, 0.25) is 0 Å². The number of hydrogen-bond acceptors (Lipinski definition) is 6. The summed E-state index contributed by atoms with van der Waals surface area (Å²) in [6.07, 6.45) is -4.67. The van der Waals surface area contributed by atoms with Crippen molar-refractivity contribution in [2.24, 2.45) is 0 Å².